The number of ether oxygens (including phenoxy) is 1. The molecule has 0 saturated heterocycles. The molecule has 3 aromatic heterocycles. The molecule has 0 aliphatic heterocycles. The number of rotatable bonds is 12. The second kappa shape index (κ2) is 12.5. The van der Waals surface area contributed by atoms with Gasteiger partial charge in [0.25, 0.3) is 0 Å². The Morgan fingerprint density at radius 1 is 1.03 bits per heavy atom. The highest BCUT2D eigenvalue weighted by atomic mass is 32.1. The molecule has 7 heteroatoms. The Hall–Kier alpha value is -3.06. The summed E-state index contributed by atoms with van der Waals surface area (Å²) in [7, 11) is 1.87. The van der Waals surface area contributed by atoms with Gasteiger partial charge in [-0.3, -0.25) is 0 Å². The molecule has 4 aromatic rings. The molecule has 1 unspecified atom stereocenters. The Morgan fingerprint density at radius 2 is 1.86 bits per heavy atom. The third kappa shape index (κ3) is 6.27. The van der Waals surface area contributed by atoms with Crippen molar-refractivity contribution in [3.8, 4) is 16.9 Å². The summed E-state index contributed by atoms with van der Waals surface area (Å²) >= 11 is 1.65. The predicted molar refractivity (Wildman–Crippen MR) is 155 cm³/mol. The molecule has 3 heterocycles. The van der Waals surface area contributed by atoms with Crippen LogP contribution in [0.4, 0.5) is 5.95 Å². The summed E-state index contributed by atoms with van der Waals surface area (Å²) in [6.07, 6.45) is 10.0. The van der Waals surface area contributed by atoms with Crippen LogP contribution in [0.15, 0.2) is 30.6 Å². The molecule has 4 rings (SSSR count). The van der Waals surface area contributed by atoms with Gasteiger partial charge in [0.2, 0.25) is 5.95 Å². The number of pyridine rings is 1. The highest BCUT2D eigenvalue weighted by molar-refractivity contribution is 7.18. The Kier molecular flexibility index (Phi) is 9.09. The van der Waals surface area contributed by atoms with Crippen molar-refractivity contribution < 1.29 is 4.74 Å². The second-order valence-corrected chi connectivity index (χ2v) is 10.8. The van der Waals surface area contributed by atoms with E-state index in [1.165, 1.54) is 27.9 Å². The largest absolute Gasteiger partial charge is 0.493 e. The zero-order chi connectivity index (χ0) is 26.4. The number of hydrogen-bond acceptors (Lipinski definition) is 7. The Labute approximate surface area is 225 Å². The quantitative estimate of drug-likeness (QED) is 0.212. The third-order valence-corrected chi connectivity index (χ3v) is 7.96. The van der Waals surface area contributed by atoms with Crippen LogP contribution in [0.1, 0.15) is 67.4 Å². The van der Waals surface area contributed by atoms with Crippen LogP contribution in [0.5, 0.6) is 5.75 Å². The molecule has 1 N–H and O–H groups in total. The van der Waals surface area contributed by atoms with Crippen molar-refractivity contribution in [3.63, 3.8) is 0 Å². The molecule has 1 atom stereocenters. The van der Waals surface area contributed by atoms with Gasteiger partial charge in [-0.05, 0) is 79.8 Å². The van der Waals surface area contributed by atoms with E-state index < -0.39 is 0 Å². The minimum absolute atomic E-state index is 0.515. The molecular weight excluding hydrogens is 478 g/mol. The number of fused-ring (bicyclic) bond motifs is 1. The molecule has 37 heavy (non-hydrogen) atoms. The smallest absolute Gasteiger partial charge is 0.222 e. The average molecular weight is 518 g/mol. The van der Waals surface area contributed by atoms with Crippen molar-refractivity contribution in [3.05, 3.63) is 58.0 Å². The van der Waals surface area contributed by atoms with E-state index in [0.29, 0.717) is 18.5 Å². The van der Waals surface area contributed by atoms with Crippen molar-refractivity contribution in [2.24, 2.45) is 5.92 Å². The van der Waals surface area contributed by atoms with Gasteiger partial charge in [-0.25, -0.2) is 19.9 Å². The van der Waals surface area contributed by atoms with Gasteiger partial charge in [0.1, 0.15) is 16.1 Å². The van der Waals surface area contributed by atoms with Crippen molar-refractivity contribution in [2.45, 2.75) is 73.1 Å². The molecular formula is C30H39N5OS. The lowest BCUT2D eigenvalue weighted by molar-refractivity contribution is 0.271. The molecule has 196 valence electrons. The molecule has 0 radical (unpaired) electrons. The van der Waals surface area contributed by atoms with Crippen LogP contribution in [-0.4, -0.2) is 33.6 Å². The first-order valence-electron chi connectivity index (χ1n) is 13.5. The van der Waals surface area contributed by atoms with Crippen molar-refractivity contribution in [1.29, 1.82) is 0 Å². The number of anilines is 1. The summed E-state index contributed by atoms with van der Waals surface area (Å²) in [4.78, 5) is 19.6. The van der Waals surface area contributed by atoms with Crippen LogP contribution >= 0.6 is 11.3 Å². The Morgan fingerprint density at radius 3 is 2.59 bits per heavy atom. The minimum atomic E-state index is 0.515. The molecule has 1 aromatic carbocycles. The SMILES string of the molecule is CCCc1cnc(NC)nc1CC(CC)CCOc1ccc(-c2cnc3sc(C)nc3c2C)cc1CC. The van der Waals surface area contributed by atoms with Crippen molar-refractivity contribution in [1.82, 2.24) is 19.9 Å². The summed E-state index contributed by atoms with van der Waals surface area (Å²) in [6.45, 7) is 11.5. The first-order valence-corrected chi connectivity index (χ1v) is 14.3. The first-order chi connectivity index (χ1) is 18.0. The molecule has 0 amide bonds. The number of aromatic nitrogens is 4. The lowest BCUT2D eigenvalue weighted by atomic mass is 9.94. The molecule has 0 saturated carbocycles. The summed E-state index contributed by atoms with van der Waals surface area (Å²) in [6, 6.07) is 6.52. The maximum Gasteiger partial charge on any atom is 0.222 e. The number of nitrogens with zero attached hydrogens (tertiary/aromatic N) is 4. The van der Waals surface area contributed by atoms with Crippen LogP contribution in [0.3, 0.4) is 0 Å². The number of hydrogen-bond donors (Lipinski definition) is 1. The maximum atomic E-state index is 6.34. The predicted octanol–water partition coefficient (Wildman–Crippen LogP) is 7.36. The molecule has 0 spiro atoms. The fourth-order valence-electron chi connectivity index (χ4n) is 4.83. The van der Waals surface area contributed by atoms with E-state index in [4.69, 9.17) is 14.7 Å². The van der Waals surface area contributed by atoms with Crippen LogP contribution < -0.4 is 10.1 Å². The van der Waals surface area contributed by atoms with Gasteiger partial charge >= 0.3 is 0 Å². The van der Waals surface area contributed by atoms with E-state index in [2.05, 4.69) is 61.2 Å². The topological polar surface area (TPSA) is 72.8 Å². The second-order valence-electron chi connectivity index (χ2n) is 9.64. The maximum absolute atomic E-state index is 6.34. The van der Waals surface area contributed by atoms with E-state index >= 15 is 0 Å². The molecule has 0 aliphatic carbocycles. The average Bonchev–Trinajstić information content (AvgIpc) is 3.30. The van der Waals surface area contributed by atoms with Gasteiger partial charge < -0.3 is 10.1 Å². The molecule has 0 aliphatic rings. The van der Waals surface area contributed by atoms with Crippen LogP contribution in [0.2, 0.25) is 0 Å². The fourth-order valence-corrected chi connectivity index (χ4v) is 5.65. The molecule has 6 nitrogen and oxygen atoms in total. The monoisotopic (exact) mass is 517 g/mol. The van der Waals surface area contributed by atoms with E-state index in [1.54, 1.807) is 11.3 Å². The highest BCUT2D eigenvalue weighted by Gasteiger charge is 2.15. The van der Waals surface area contributed by atoms with Gasteiger partial charge in [0, 0.05) is 30.7 Å². The summed E-state index contributed by atoms with van der Waals surface area (Å²) in [5, 5.41) is 4.13. The van der Waals surface area contributed by atoms with Crippen LogP contribution in [-0.2, 0) is 19.3 Å². The van der Waals surface area contributed by atoms with Gasteiger partial charge in [0.15, 0.2) is 0 Å². The standard InChI is InChI=1S/C30H39N5OS/c1-7-10-24-17-33-30(31-6)35-26(24)15-21(8-2)13-14-36-27-12-11-23(16-22(27)9-3)25-18-32-29-28(19(25)4)34-20(5)37-29/h11-12,16-18,21H,7-10,13-15H2,1-6H3,(H,31,33,35). The van der Waals surface area contributed by atoms with Crippen molar-refractivity contribution >= 4 is 27.6 Å². The number of thiazole rings is 1. The van der Waals surface area contributed by atoms with E-state index in [0.717, 1.165) is 65.2 Å². The number of benzene rings is 1. The summed E-state index contributed by atoms with van der Waals surface area (Å²) in [5.74, 6) is 2.19. The molecule has 0 bridgehead atoms. The zero-order valence-electron chi connectivity index (χ0n) is 23.0. The highest BCUT2D eigenvalue weighted by Crippen LogP contribution is 2.33. The first kappa shape index (κ1) is 27.0. The Bertz CT molecular complexity index is 1350. The minimum Gasteiger partial charge on any atom is -0.493 e. The zero-order valence-corrected chi connectivity index (χ0v) is 23.8. The lowest BCUT2D eigenvalue weighted by Gasteiger charge is -2.18. The van der Waals surface area contributed by atoms with Gasteiger partial charge in [-0.2, -0.15) is 0 Å². The summed E-state index contributed by atoms with van der Waals surface area (Å²) in [5.41, 5.74) is 8.16. The van der Waals surface area contributed by atoms with E-state index in [9.17, 15) is 0 Å². The fraction of sp³-hybridized carbons (Fsp3) is 0.467. The lowest BCUT2D eigenvalue weighted by Crippen LogP contribution is -2.13. The van der Waals surface area contributed by atoms with Gasteiger partial charge in [0.05, 0.1) is 11.6 Å². The molecule has 0 fully saturated rings. The van der Waals surface area contributed by atoms with E-state index in [1.807, 2.05) is 26.4 Å². The van der Waals surface area contributed by atoms with Gasteiger partial charge in [-0.15, -0.1) is 0 Å². The van der Waals surface area contributed by atoms with Crippen LogP contribution in [0.25, 0.3) is 21.5 Å². The Balaban J connectivity index is 1.45. The number of aryl methyl sites for hydroxylation is 4. The van der Waals surface area contributed by atoms with Gasteiger partial charge in [-0.1, -0.05) is 51.0 Å². The van der Waals surface area contributed by atoms with Crippen LogP contribution in [0, 0.1) is 19.8 Å². The number of nitrogens with one attached hydrogen (secondary N) is 1. The van der Waals surface area contributed by atoms with Crippen molar-refractivity contribution in [2.75, 3.05) is 19.0 Å². The third-order valence-electron chi connectivity index (χ3n) is 7.08. The normalized spacial score (nSPS) is 12.2. The summed E-state index contributed by atoms with van der Waals surface area (Å²) < 4.78 is 6.34. The van der Waals surface area contributed by atoms with E-state index in [-0.39, 0.29) is 0 Å².